The van der Waals surface area contributed by atoms with E-state index in [0.717, 1.165) is 4.90 Å². The van der Waals surface area contributed by atoms with Crippen LogP contribution in [0.25, 0.3) is 0 Å². The van der Waals surface area contributed by atoms with E-state index in [-0.39, 0.29) is 25.5 Å². The smallest absolute Gasteiger partial charge is 0.329 e. The standard InChI is InChI=1S/C25H27F3N2O5/c26-16-25(28)13-21(24(33)35-15-18-5-2-1-3-6-18)30(17-25)23(32)14-29-22(31)7-4-12-34-20-10-8-19(27)9-11-20/h1-3,5-6,8-11,21H,4,7,12-17H2,(H,29,31)/t21-,25-/m0/s1. The number of amides is 2. The first-order chi connectivity index (χ1) is 16.8. The van der Waals surface area contributed by atoms with Gasteiger partial charge in [0.25, 0.3) is 0 Å². The molecule has 0 bridgehead atoms. The maximum atomic E-state index is 14.7. The van der Waals surface area contributed by atoms with E-state index in [2.05, 4.69) is 5.32 Å². The second-order valence-electron chi connectivity index (χ2n) is 8.30. The number of esters is 1. The molecule has 0 spiro atoms. The number of nitrogens with zero attached hydrogens (tertiary/aromatic N) is 1. The van der Waals surface area contributed by atoms with Gasteiger partial charge in [0.2, 0.25) is 11.8 Å². The Labute approximate surface area is 201 Å². The van der Waals surface area contributed by atoms with E-state index in [1.807, 2.05) is 0 Å². The molecule has 3 rings (SSSR count). The second kappa shape index (κ2) is 12.2. The predicted molar refractivity (Wildman–Crippen MR) is 120 cm³/mol. The van der Waals surface area contributed by atoms with Crippen molar-refractivity contribution in [3.05, 3.63) is 66.0 Å². The third kappa shape index (κ3) is 7.73. The number of carbonyl (C=O) groups excluding carboxylic acids is 3. The lowest BCUT2D eigenvalue weighted by Crippen LogP contribution is -2.46. The summed E-state index contributed by atoms with van der Waals surface area (Å²) in [6.07, 6.45) is -0.128. The van der Waals surface area contributed by atoms with Gasteiger partial charge in [-0.1, -0.05) is 30.3 Å². The lowest BCUT2D eigenvalue weighted by Gasteiger charge is -2.23. The van der Waals surface area contributed by atoms with Crippen LogP contribution in [0, 0.1) is 5.82 Å². The summed E-state index contributed by atoms with van der Waals surface area (Å²) in [6.45, 7) is -2.28. The van der Waals surface area contributed by atoms with E-state index >= 15 is 0 Å². The highest BCUT2D eigenvalue weighted by molar-refractivity contribution is 5.89. The zero-order valence-electron chi connectivity index (χ0n) is 19.1. The number of hydrogen-bond acceptors (Lipinski definition) is 5. The number of hydrogen-bond donors (Lipinski definition) is 1. The SMILES string of the molecule is O=C(CCCOc1ccc(F)cc1)NCC(=O)N1C[C@@](F)(CF)C[C@H]1C(=O)OCc1ccccc1. The minimum Gasteiger partial charge on any atom is -0.494 e. The first-order valence-electron chi connectivity index (χ1n) is 11.2. The average Bonchev–Trinajstić information content (AvgIpc) is 3.24. The Kier molecular flexibility index (Phi) is 9.11. The quantitative estimate of drug-likeness (QED) is 0.385. The van der Waals surface area contributed by atoms with Crippen molar-refractivity contribution in [3.63, 3.8) is 0 Å². The number of alkyl halides is 2. The topological polar surface area (TPSA) is 84.9 Å². The van der Waals surface area contributed by atoms with Crippen molar-refractivity contribution in [3.8, 4) is 5.75 Å². The van der Waals surface area contributed by atoms with Crippen molar-refractivity contribution in [1.29, 1.82) is 0 Å². The first-order valence-corrected chi connectivity index (χ1v) is 11.2. The van der Waals surface area contributed by atoms with Gasteiger partial charge in [-0.3, -0.25) is 9.59 Å². The van der Waals surface area contributed by atoms with Crippen molar-refractivity contribution in [2.24, 2.45) is 0 Å². The summed E-state index contributed by atoms with van der Waals surface area (Å²) in [5.41, 5.74) is -1.64. The van der Waals surface area contributed by atoms with Gasteiger partial charge in [-0.2, -0.15) is 0 Å². The summed E-state index contributed by atoms with van der Waals surface area (Å²) in [4.78, 5) is 38.2. The van der Waals surface area contributed by atoms with Crippen LogP contribution in [-0.4, -0.2) is 60.8 Å². The second-order valence-corrected chi connectivity index (χ2v) is 8.30. The van der Waals surface area contributed by atoms with Gasteiger partial charge in [0.05, 0.1) is 19.7 Å². The fraction of sp³-hybridized carbons (Fsp3) is 0.400. The molecule has 7 nitrogen and oxygen atoms in total. The molecule has 0 aromatic heterocycles. The lowest BCUT2D eigenvalue weighted by molar-refractivity contribution is -0.154. The molecule has 35 heavy (non-hydrogen) atoms. The summed E-state index contributed by atoms with van der Waals surface area (Å²) in [6, 6.07) is 13.0. The molecule has 1 aliphatic rings. The van der Waals surface area contributed by atoms with Gasteiger partial charge in [0.1, 0.15) is 30.9 Å². The molecule has 0 radical (unpaired) electrons. The monoisotopic (exact) mass is 492 g/mol. The largest absolute Gasteiger partial charge is 0.494 e. The average molecular weight is 492 g/mol. The van der Waals surface area contributed by atoms with Gasteiger partial charge >= 0.3 is 5.97 Å². The third-order valence-electron chi connectivity index (χ3n) is 5.51. The molecule has 0 saturated carbocycles. The molecule has 1 fully saturated rings. The van der Waals surface area contributed by atoms with Crippen LogP contribution >= 0.6 is 0 Å². The molecule has 10 heteroatoms. The van der Waals surface area contributed by atoms with Crippen LogP contribution in [0.4, 0.5) is 13.2 Å². The number of ether oxygens (including phenoxy) is 2. The van der Waals surface area contributed by atoms with Gasteiger partial charge in [-0.25, -0.2) is 18.0 Å². The molecule has 188 valence electrons. The summed E-state index contributed by atoms with van der Waals surface area (Å²) in [5, 5.41) is 2.42. The summed E-state index contributed by atoms with van der Waals surface area (Å²) in [7, 11) is 0. The molecule has 0 aliphatic carbocycles. The number of halogens is 3. The number of carbonyl (C=O) groups is 3. The Morgan fingerprint density at radius 3 is 2.49 bits per heavy atom. The summed E-state index contributed by atoms with van der Waals surface area (Å²) >= 11 is 0. The molecule has 0 unspecified atom stereocenters. The highest BCUT2D eigenvalue weighted by Gasteiger charge is 2.50. The van der Waals surface area contributed by atoms with E-state index in [0.29, 0.717) is 17.7 Å². The van der Waals surface area contributed by atoms with Crippen molar-refractivity contribution in [2.45, 2.75) is 37.6 Å². The molecule has 1 saturated heterocycles. The van der Waals surface area contributed by atoms with E-state index in [1.165, 1.54) is 24.3 Å². The molecule has 2 aromatic carbocycles. The van der Waals surface area contributed by atoms with Gasteiger partial charge < -0.3 is 19.7 Å². The minimum atomic E-state index is -2.35. The fourth-order valence-electron chi connectivity index (χ4n) is 3.65. The van der Waals surface area contributed by atoms with Crippen molar-refractivity contribution < 1.29 is 37.0 Å². The Morgan fingerprint density at radius 1 is 1.09 bits per heavy atom. The van der Waals surface area contributed by atoms with Crippen LogP contribution in [0.2, 0.25) is 0 Å². The lowest BCUT2D eigenvalue weighted by atomic mass is 10.0. The zero-order chi connectivity index (χ0) is 25.3. The summed E-state index contributed by atoms with van der Waals surface area (Å²) < 4.78 is 51.5. The first kappa shape index (κ1) is 26.1. The van der Waals surface area contributed by atoms with E-state index in [9.17, 15) is 27.6 Å². The Morgan fingerprint density at radius 2 is 1.80 bits per heavy atom. The highest BCUT2D eigenvalue weighted by atomic mass is 19.2. The fourth-order valence-corrected chi connectivity index (χ4v) is 3.65. The van der Waals surface area contributed by atoms with E-state index in [4.69, 9.17) is 9.47 Å². The summed E-state index contributed by atoms with van der Waals surface area (Å²) in [5.74, 6) is -1.91. The van der Waals surface area contributed by atoms with Crippen LogP contribution in [0.1, 0.15) is 24.8 Å². The number of likely N-dealkylation sites (tertiary alicyclic amines) is 1. The molecule has 2 amide bonds. The maximum absolute atomic E-state index is 14.7. The van der Waals surface area contributed by atoms with Crippen LogP contribution in [0.5, 0.6) is 5.75 Å². The van der Waals surface area contributed by atoms with Crippen molar-refractivity contribution in [1.82, 2.24) is 10.2 Å². The number of nitrogens with one attached hydrogen (secondary N) is 1. The highest BCUT2D eigenvalue weighted by Crippen LogP contribution is 2.32. The molecule has 1 N–H and O–H groups in total. The van der Waals surface area contributed by atoms with E-state index < -0.39 is 55.7 Å². The molecular weight excluding hydrogens is 465 g/mol. The molecule has 1 aliphatic heterocycles. The minimum absolute atomic E-state index is 0.0501. The maximum Gasteiger partial charge on any atom is 0.329 e. The Bertz CT molecular complexity index is 1010. The third-order valence-corrected chi connectivity index (χ3v) is 5.51. The number of benzene rings is 2. The van der Waals surface area contributed by atoms with Crippen molar-refractivity contribution in [2.75, 3.05) is 26.4 Å². The van der Waals surface area contributed by atoms with Crippen LogP contribution in [0.3, 0.4) is 0 Å². The normalized spacial score (nSPS) is 19.3. The molecule has 2 atom stereocenters. The number of rotatable bonds is 11. The van der Waals surface area contributed by atoms with Crippen LogP contribution in [0.15, 0.2) is 54.6 Å². The molecular formula is C25H27F3N2O5. The molecule has 1 heterocycles. The Hall–Kier alpha value is -3.56. The zero-order valence-corrected chi connectivity index (χ0v) is 19.1. The molecule has 2 aromatic rings. The van der Waals surface area contributed by atoms with Gasteiger partial charge in [-0.05, 0) is 36.2 Å². The van der Waals surface area contributed by atoms with Crippen LogP contribution in [-0.2, 0) is 25.7 Å². The Balaban J connectivity index is 1.45. The van der Waals surface area contributed by atoms with Crippen molar-refractivity contribution >= 4 is 17.8 Å². The predicted octanol–water partition coefficient (Wildman–Crippen LogP) is 3.12. The van der Waals surface area contributed by atoms with Gasteiger partial charge in [-0.15, -0.1) is 0 Å². The van der Waals surface area contributed by atoms with Gasteiger partial charge in [0.15, 0.2) is 5.67 Å². The van der Waals surface area contributed by atoms with Gasteiger partial charge in [0, 0.05) is 12.8 Å². The van der Waals surface area contributed by atoms with E-state index in [1.54, 1.807) is 30.3 Å². The van der Waals surface area contributed by atoms with Crippen LogP contribution < -0.4 is 10.1 Å².